The molecule has 6 nitrogen and oxygen atoms in total. The first-order chi connectivity index (χ1) is 12.6. The minimum absolute atomic E-state index is 0.0824. The number of likely N-dealkylation sites (tertiary alicyclic amines) is 1. The largest absolute Gasteiger partial charge is 0.361 e. The molecule has 1 saturated heterocycles. The molecule has 2 N–H and O–H groups in total. The molecule has 1 unspecified atom stereocenters. The predicted octanol–water partition coefficient (Wildman–Crippen LogP) is 2.71. The van der Waals surface area contributed by atoms with Crippen LogP contribution in [0.4, 0.5) is 0 Å². The van der Waals surface area contributed by atoms with Crippen molar-refractivity contribution in [2.45, 2.75) is 39.3 Å². The summed E-state index contributed by atoms with van der Waals surface area (Å²) in [7, 11) is 0. The number of nitrogens with zero attached hydrogens (tertiary/aromatic N) is 2. The molecule has 4 rings (SSSR count). The van der Waals surface area contributed by atoms with Gasteiger partial charge in [-0.15, -0.1) is 0 Å². The van der Waals surface area contributed by atoms with Crippen LogP contribution in [-0.2, 0) is 17.8 Å². The minimum atomic E-state index is 0.0824. The van der Waals surface area contributed by atoms with E-state index >= 15 is 0 Å². The molecule has 2 aromatic heterocycles. The van der Waals surface area contributed by atoms with Crippen LogP contribution in [0.2, 0.25) is 0 Å². The van der Waals surface area contributed by atoms with Gasteiger partial charge in [0, 0.05) is 48.3 Å². The summed E-state index contributed by atoms with van der Waals surface area (Å²) in [6.45, 7) is 6.59. The molecule has 1 aliphatic heterocycles. The van der Waals surface area contributed by atoms with Gasteiger partial charge in [0.05, 0.1) is 12.1 Å². The number of carbonyl (C=O) groups excluding carboxylic acids is 1. The molecule has 1 atom stereocenters. The van der Waals surface area contributed by atoms with Gasteiger partial charge in [0.25, 0.3) is 0 Å². The minimum Gasteiger partial charge on any atom is -0.361 e. The van der Waals surface area contributed by atoms with Crippen LogP contribution in [-0.4, -0.2) is 40.1 Å². The summed E-state index contributed by atoms with van der Waals surface area (Å²) in [5.74, 6) is 0.966. The van der Waals surface area contributed by atoms with Crippen molar-refractivity contribution in [2.24, 2.45) is 0 Å². The van der Waals surface area contributed by atoms with E-state index in [1.807, 2.05) is 38.2 Å². The van der Waals surface area contributed by atoms with Crippen molar-refractivity contribution in [3.05, 3.63) is 53.0 Å². The molecule has 6 heteroatoms. The number of aromatic amines is 1. The molecule has 0 radical (unpaired) electrons. The van der Waals surface area contributed by atoms with Crippen molar-refractivity contribution in [3.8, 4) is 0 Å². The molecule has 0 spiro atoms. The highest BCUT2D eigenvalue weighted by molar-refractivity contribution is 5.88. The lowest BCUT2D eigenvalue weighted by molar-refractivity contribution is -0.121. The number of H-pyrrole nitrogens is 1. The number of nitrogens with one attached hydrogen (secondary N) is 2. The van der Waals surface area contributed by atoms with Crippen molar-refractivity contribution in [1.29, 1.82) is 0 Å². The van der Waals surface area contributed by atoms with Crippen molar-refractivity contribution in [2.75, 3.05) is 13.1 Å². The van der Waals surface area contributed by atoms with Crippen molar-refractivity contribution in [1.82, 2.24) is 20.4 Å². The fourth-order valence-corrected chi connectivity index (χ4v) is 3.77. The molecular weight excluding hydrogens is 328 g/mol. The van der Waals surface area contributed by atoms with Crippen LogP contribution in [0.3, 0.4) is 0 Å². The average molecular weight is 352 g/mol. The molecule has 3 heterocycles. The quantitative estimate of drug-likeness (QED) is 0.740. The van der Waals surface area contributed by atoms with Gasteiger partial charge in [0.15, 0.2) is 0 Å². The molecule has 1 aliphatic rings. The summed E-state index contributed by atoms with van der Waals surface area (Å²) >= 11 is 0. The third-order valence-electron chi connectivity index (χ3n) is 5.23. The standard InChI is InChI=1S/C20H24N4O2/c1-13-18(14(2)26-23-13)12-24-8-7-16(11-24)22-20(25)9-15-10-21-19-6-4-3-5-17(15)19/h3-6,10,16,21H,7-9,11-12H2,1-2H3,(H,22,25). The lowest BCUT2D eigenvalue weighted by atomic mass is 10.1. The van der Waals surface area contributed by atoms with Crippen LogP contribution < -0.4 is 5.32 Å². The first kappa shape index (κ1) is 16.8. The number of fused-ring (bicyclic) bond motifs is 1. The maximum Gasteiger partial charge on any atom is 0.224 e. The Hall–Kier alpha value is -2.60. The zero-order valence-corrected chi connectivity index (χ0v) is 15.2. The number of aryl methyl sites for hydroxylation is 2. The summed E-state index contributed by atoms with van der Waals surface area (Å²) in [4.78, 5) is 18.1. The van der Waals surface area contributed by atoms with Crippen LogP contribution in [0.15, 0.2) is 35.0 Å². The van der Waals surface area contributed by atoms with Gasteiger partial charge in [-0.05, 0) is 31.9 Å². The number of hydrogen-bond donors (Lipinski definition) is 2. The Kier molecular flexibility index (Phi) is 4.51. The third-order valence-corrected chi connectivity index (χ3v) is 5.23. The number of benzene rings is 1. The predicted molar refractivity (Wildman–Crippen MR) is 99.8 cm³/mol. The molecule has 1 fully saturated rings. The van der Waals surface area contributed by atoms with E-state index in [-0.39, 0.29) is 11.9 Å². The van der Waals surface area contributed by atoms with E-state index in [2.05, 4.69) is 26.4 Å². The van der Waals surface area contributed by atoms with E-state index < -0.39 is 0 Å². The second-order valence-electron chi connectivity index (χ2n) is 7.13. The van der Waals surface area contributed by atoms with E-state index in [0.29, 0.717) is 6.42 Å². The second-order valence-corrected chi connectivity index (χ2v) is 7.13. The lowest BCUT2D eigenvalue weighted by Gasteiger charge is -2.16. The van der Waals surface area contributed by atoms with Crippen LogP contribution in [0.5, 0.6) is 0 Å². The monoisotopic (exact) mass is 352 g/mol. The summed E-state index contributed by atoms with van der Waals surface area (Å²) in [6, 6.07) is 8.28. The fourth-order valence-electron chi connectivity index (χ4n) is 3.77. The van der Waals surface area contributed by atoms with Gasteiger partial charge in [-0.3, -0.25) is 9.69 Å². The SMILES string of the molecule is Cc1noc(C)c1CN1CCC(NC(=O)Cc2c[nH]c3ccccc23)C1. The highest BCUT2D eigenvalue weighted by Crippen LogP contribution is 2.20. The van der Waals surface area contributed by atoms with E-state index in [0.717, 1.165) is 59.5 Å². The molecule has 3 aromatic rings. The van der Waals surface area contributed by atoms with Crippen molar-refractivity contribution < 1.29 is 9.32 Å². The number of rotatable bonds is 5. The normalized spacial score (nSPS) is 17.8. The van der Waals surface area contributed by atoms with Crippen LogP contribution in [0.25, 0.3) is 10.9 Å². The Bertz CT molecular complexity index is 907. The van der Waals surface area contributed by atoms with E-state index in [1.165, 1.54) is 0 Å². The van der Waals surface area contributed by atoms with Crippen LogP contribution in [0.1, 0.15) is 29.0 Å². The zero-order valence-electron chi connectivity index (χ0n) is 15.2. The second kappa shape index (κ2) is 6.96. The highest BCUT2D eigenvalue weighted by atomic mass is 16.5. The Labute approximate surface area is 152 Å². The Morgan fingerprint density at radius 2 is 2.23 bits per heavy atom. The molecule has 1 aromatic carbocycles. The molecule has 136 valence electrons. The van der Waals surface area contributed by atoms with Gasteiger partial charge >= 0.3 is 0 Å². The maximum atomic E-state index is 12.5. The fraction of sp³-hybridized carbons (Fsp3) is 0.400. The van der Waals surface area contributed by atoms with E-state index in [4.69, 9.17) is 4.52 Å². The van der Waals surface area contributed by atoms with Crippen LogP contribution in [0, 0.1) is 13.8 Å². The molecule has 0 bridgehead atoms. The molecule has 26 heavy (non-hydrogen) atoms. The summed E-state index contributed by atoms with van der Waals surface area (Å²) in [5.41, 5.74) is 4.23. The topological polar surface area (TPSA) is 74.2 Å². The molecule has 1 amide bonds. The summed E-state index contributed by atoms with van der Waals surface area (Å²) in [5, 5.41) is 8.32. The number of hydrogen-bond acceptors (Lipinski definition) is 4. The highest BCUT2D eigenvalue weighted by Gasteiger charge is 2.25. The molecule has 0 saturated carbocycles. The summed E-state index contributed by atoms with van der Waals surface area (Å²) < 4.78 is 5.24. The van der Waals surface area contributed by atoms with Crippen molar-refractivity contribution >= 4 is 16.8 Å². The zero-order chi connectivity index (χ0) is 18.1. The van der Waals surface area contributed by atoms with E-state index in [1.54, 1.807) is 0 Å². The molecule has 0 aliphatic carbocycles. The number of para-hydroxylation sites is 1. The number of carbonyl (C=O) groups is 1. The Morgan fingerprint density at radius 1 is 1.38 bits per heavy atom. The number of amides is 1. The Balaban J connectivity index is 1.33. The number of aromatic nitrogens is 2. The summed E-state index contributed by atoms with van der Waals surface area (Å²) in [6.07, 6.45) is 3.32. The van der Waals surface area contributed by atoms with Crippen LogP contribution >= 0.6 is 0 Å². The van der Waals surface area contributed by atoms with Gasteiger partial charge in [0.2, 0.25) is 5.91 Å². The first-order valence-electron chi connectivity index (χ1n) is 9.08. The van der Waals surface area contributed by atoms with Crippen molar-refractivity contribution in [3.63, 3.8) is 0 Å². The average Bonchev–Trinajstić information content (AvgIpc) is 3.32. The maximum absolute atomic E-state index is 12.5. The van der Waals surface area contributed by atoms with Gasteiger partial charge in [-0.25, -0.2) is 0 Å². The van der Waals surface area contributed by atoms with Gasteiger partial charge in [-0.2, -0.15) is 0 Å². The van der Waals surface area contributed by atoms with Gasteiger partial charge in [0.1, 0.15) is 5.76 Å². The van der Waals surface area contributed by atoms with Gasteiger partial charge < -0.3 is 14.8 Å². The Morgan fingerprint density at radius 3 is 3.04 bits per heavy atom. The first-order valence-corrected chi connectivity index (χ1v) is 9.08. The lowest BCUT2D eigenvalue weighted by Crippen LogP contribution is -2.37. The van der Waals surface area contributed by atoms with Gasteiger partial charge in [-0.1, -0.05) is 23.4 Å². The molecular formula is C20H24N4O2. The third kappa shape index (κ3) is 3.37. The smallest absolute Gasteiger partial charge is 0.224 e. The van der Waals surface area contributed by atoms with E-state index in [9.17, 15) is 4.79 Å².